The second-order valence-corrected chi connectivity index (χ2v) is 7.07. The summed E-state index contributed by atoms with van der Waals surface area (Å²) in [7, 11) is 0. The summed E-state index contributed by atoms with van der Waals surface area (Å²) < 4.78 is 19.9. The smallest absolute Gasteiger partial charge is 0.255 e. The Hall–Kier alpha value is -1.66. The Kier molecular flexibility index (Phi) is 5.36. The molecule has 1 aromatic carbocycles. The second-order valence-electron chi connectivity index (χ2n) is 6.15. The molecule has 1 saturated heterocycles. The molecule has 2 aromatic rings. The van der Waals surface area contributed by atoms with Crippen LogP contribution in [0.4, 0.5) is 4.39 Å². The highest BCUT2D eigenvalue weighted by Gasteiger charge is 2.23. The summed E-state index contributed by atoms with van der Waals surface area (Å²) >= 11 is 3.38. The summed E-state index contributed by atoms with van der Waals surface area (Å²) in [6, 6.07) is 6.86. The first-order valence-electron chi connectivity index (χ1n) is 8.04. The summed E-state index contributed by atoms with van der Waals surface area (Å²) in [4.78, 5) is 14.4. The third-order valence-electron chi connectivity index (χ3n) is 4.43. The van der Waals surface area contributed by atoms with E-state index in [1.54, 1.807) is 19.1 Å². The number of amides is 1. The van der Waals surface area contributed by atoms with Crippen molar-refractivity contribution < 1.29 is 13.6 Å². The molecule has 0 spiro atoms. The fourth-order valence-electron chi connectivity index (χ4n) is 3.02. The molecule has 0 saturated carbocycles. The SMILES string of the molecule is Cc1occc1C(=O)NC1CCN(Cc2cc(Br)ccc2F)CC1. The van der Waals surface area contributed by atoms with Gasteiger partial charge in [0.2, 0.25) is 0 Å². The average Bonchev–Trinajstić information content (AvgIpc) is 2.99. The minimum Gasteiger partial charge on any atom is -0.469 e. The summed E-state index contributed by atoms with van der Waals surface area (Å²) in [5, 5.41) is 3.06. The van der Waals surface area contributed by atoms with E-state index in [1.165, 1.54) is 12.3 Å². The lowest BCUT2D eigenvalue weighted by Crippen LogP contribution is -2.44. The highest BCUT2D eigenvalue weighted by atomic mass is 79.9. The fourth-order valence-corrected chi connectivity index (χ4v) is 3.43. The topological polar surface area (TPSA) is 45.5 Å². The van der Waals surface area contributed by atoms with Crippen molar-refractivity contribution in [3.63, 3.8) is 0 Å². The van der Waals surface area contributed by atoms with Crippen LogP contribution in [0.5, 0.6) is 0 Å². The Morgan fingerprint density at radius 1 is 1.38 bits per heavy atom. The summed E-state index contributed by atoms with van der Waals surface area (Å²) in [6.07, 6.45) is 3.25. The van der Waals surface area contributed by atoms with Gasteiger partial charge in [0.05, 0.1) is 11.8 Å². The summed E-state index contributed by atoms with van der Waals surface area (Å²) in [5.74, 6) is 0.372. The summed E-state index contributed by atoms with van der Waals surface area (Å²) in [5.41, 5.74) is 1.29. The molecule has 6 heteroatoms. The van der Waals surface area contributed by atoms with Gasteiger partial charge < -0.3 is 9.73 Å². The second kappa shape index (κ2) is 7.49. The Morgan fingerprint density at radius 3 is 2.79 bits per heavy atom. The highest BCUT2D eigenvalue weighted by molar-refractivity contribution is 9.10. The van der Waals surface area contributed by atoms with E-state index in [1.807, 2.05) is 6.07 Å². The van der Waals surface area contributed by atoms with Crippen molar-refractivity contribution in [3.8, 4) is 0 Å². The van der Waals surface area contributed by atoms with Crippen molar-refractivity contribution in [1.29, 1.82) is 0 Å². The minimum atomic E-state index is -0.177. The Balaban J connectivity index is 1.52. The average molecular weight is 395 g/mol. The molecule has 1 fully saturated rings. The molecule has 1 aliphatic heterocycles. The number of carbonyl (C=O) groups is 1. The minimum absolute atomic E-state index is 0.0854. The van der Waals surface area contributed by atoms with Crippen LogP contribution in [0.2, 0.25) is 0 Å². The number of likely N-dealkylation sites (tertiary alicyclic amines) is 1. The monoisotopic (exact) mass is 394 g/mol. The van der Waals surface area contributed by atoms with Gasteiger partial charge in [0.15, 0.2) is 0 Å². The lowest BCUT2D eigenvalue weighted by molar-refractivity contribution is 0.0907. The maximum Gasteiger partial charge on any atom is 0.255 e. The van der Waals surface area contributed by atoms with Crippen LogP contribution in [0.15, 0.2) is 39.4 Å². The number of hydrogen-bond donors (Lipinski definition) is 1. The van der Waals surface area contributed by atoms with Gasteiger partial charge in [-0.15, -0.1) is 0 Å². The number of halogens is 2. The number of nitrogens with one attached hydrogen (secondary N) is 1. The number of piperidine rings is 1. The van der Waals surface area contributed by atoms with Gasteiger partial charge >= 0.3 is 0 Å². The van der Waals surface area contributed by atoms with Gasteiger partial charge in [0.25, 0.3) is 5.91 Å². The van der Waals surface area contributed by atoms with E-state index in [-0.39, 0.29) is 17.8 Å². The van der Waals surface area contributed by atoms with Gasteiger partial charge in [0.1, 0.15) is 11.6 Å². The first-order chi connectivity index (χ1) is 11.5. The number of carbonyl (C=O) groups excluding carboxylic acids is 1. The standard InChI is InChI=1S/C18H20BrFN2O2/c1-12-16(6-9-24-12)18(23)21-15-4-7-22(8-5-15)11-13-10-14(19)2-3-17(13)20/h2-3,6,9-10,15H,4-5,7-8,11H2,1H3,(H,21,23). The fraction of sp³-hybridized carbons (Fsp3) is 0.389. The normalized spacial score (nSPS) is 16.3. The number of hydrogen-bond acceptors (Lipinski definition) is 3. The molecule has 24 heavy (non-hydrogen) atoms. The number of rotatable bonds is 4. The molecule has 4 nitrogen and oxygen atoms in total. The zero-order valence-electron chi connectivity index (χ0n) is 13.5. The van der Waals surface area contributed by atoms with Gasteiger partial charge in [-0.05, 0) is 44.0 Å². The van der Waals surface area contributed by atoms with Crippen LogP contribution in [-0.2, 0) is 6.54 Å². The number of furan rings is 1. The molecule has 1 amide bonds. The largest absolute Gasteiger partial charge is 0.469 e. The van der Waals surface area contributed by atoms with E-state index in [0.29, 0.717) is 23.4 Å². The molecule has 128 valence electrons. The van der Waals surface area contributed by atoms with Crippen molar-refractivity contribution >= 4 is 21.8 Å². The first kappa shape index (κ1) is 17.2. The zero-order chi connectivity index (χ0) is 17.1. The first-order valence-corrected chi connectivity index (χ1v) is 8.83. The number of nitrogens with zero attached hydrogens (tertiary/aromatic N) is 1. The molecule has 0 bridgehead atoms. The lowest BCUT2D eigenvalue weighted by Gasteiger charge is -2.32. The predicted molar refractivity (Wildman–Crippen MR) is 93.3 cm³/mol. The molecule has 0 radical (unpaired) electrons. The van der Waals surface area contributed by atoms with E-state index in [4.69, 9.17) is 4.42 Å². The predicted octanol–water partition coefficient (Wildman–Crippen LogP) is 3.88. The van der Waals surface area contributed by atoms with Gasteiger partial charge in [-0.1, -0.05) is 15.9 Å². The van der Waals surface area contributed by atoms with E-state index in [9.17, 15) is 9.18 Å². The quantitative estimate of drug-likeness (QED) is 0.855. The van der Waals surface area contributed by atoms with Gasteiger partial charge in [-0.3, -0.25) is 9.69 Å². The van der Waals surface area contributed by atoms with Crippen molar-refractivity contribution in [2.75, 3.05) is 13.1 Å². The Bertz CT molecular complexity index is 724. The van der Waals surface area contributed by atoms with Crippen molar-refractivity contribution in [2.45, 2.75) is 32.4 Å². The Labute approximate surface area is 149 Å². The maximum absolute atomic E-state index is 13.9. The molecule has 1 aliphatic rings. The third-order valence-corrected chi connectivity index (χ3v) is 4.92. The Morgan fingerprint density at radius 2 is 2.12 bits per heavy atom. The molecule has 1 aromatic heterocycles. The van der Waals surface area contributed by atoms with Gasteiger partial charge in [-0.25, -0.2) is 4.39 Å². The zero-order valence-corrected chi connectivity index (χ0v) is 15.1. The van der Waals surface area contributed by atoms with Crippen LogP contribution >= 0.6 is 15.9 Å². The van der Waals surface area contributed by atoms with E-state index >= 15 is 0 Å². The third kappa shape index (κ3) is 4.05. The van der Waals surface area contributed by atoms with Crippen LogP contribution in [0, 0.1) is 12.7 Å². The molecule has 1 N–H and O–H groups in total. The van der Waals surface area contributed by atoms with Crippen LogP contribution in [0.1, 0.15) is 34.5 Å². The van der Waals surface area contributed by atoms with Crippen LogP contribution in [0.25, 0.3) is 0 Å². The van der Waals surface area contributed by atoms with E-state index in [2.05, 4.69) is 26.1 Å². The van der Waals surface area contributed by atoms with E-state index < -0.39 is 0 Å². The van der Waals surface area contributed by atoms with Crippen molar-refractivity contribution in [3.05, 3.63) is 57.7 Å². The molecule has 0 aliphatic carbocycles. The lowest BCUT2D eigenvalue weighted by atomic mass is 10.0. The molecule has 3 rings (SSSR count). The number of aryl methyl sites for hydroxylation is 1. The van der Waals surface area contributed by atoms with E-state index in [0.717, 1.165) is 30.4 Å². The van der Waals surface area contributed by atoms with Crippen LogP contribution in [-0.4, -0.2) is 29.9 Å². The van der Waals surface area contributed by atoms with Crippen molar-refractivity contribution in [1.82, 2.24) is 10.2 Å². The summed E-state index contributed by atoms with van der Waals surface area (Å²) in [6.45, 7) is 4.04. The van der Waals surface area contributed by atoms with Crippen LogP contribution < -0.4 is 5.32 Å². The molecule has 0 atom stereocenters. The van der Waals surface area contributed by atoms with Gasteiger partial charge in [-0.2, -0.15) is 0 Å². The molecule has 2 heterocycles. The molecule has 0 unspecified atom stereocenters. The van der Waals surface area contributed by atoms with Gasteiger partial charge in [0, 0.05) is 35.7 Å². The highest BCUT2D eigenvalue weighted by Crippen LogP contribution is 2.20. The number of benzene rings is 1. The van der Waals surface area contributed by atoms with Crippen LogP contribution in [0.3, 0.4) is 0 Å². The maximum atomic E-state index is 13.9. The molecular weight excluding hydrogens is 375 g/mol. The molecular formula is C18H20BrFN2O2. The van der Waals surface area contributed by atoms with Crippen molar-refractivity contribution in [2.24, 2.45) is 0 Å².